The number of aliphatic hydroxyl groups excluding tert-OH is 1. The van der Waals surface area contributed by atoms with E-state index in [1.54, 1.807) is 25.3 Å². The Hall–Kier alpha value is -2.68. The van der Waals surface area contributed by atoms with Crippen LogP contribution in [0.2, 0.25) is 5.02 Å². The predicted molar refractivity (Wildman–Crippen MR) is 109 cm³/mol. The highest BCUT2D eigenvalue weighted by Gasteiger charge is 2.23. The molecular weight excluding hydrogens is 399 g/mol. The van der Waals surface area contributed by atoms with Gasteiger partial charge in [0.05, 0.1) is 29.1 Å². The van der Waals surface area contributed by atoms with Crippen molar-refractivity contribution in [3.63, 3.8) is 0 Å². The fourth-order valence-corrected chi connectivity index (χ4v) is 3.46. The summed E-state index contributed by atoms with van der Waals surface area (Å²) in [5.41, 5.74) is 1.21. The van der Waals surface area contributed by atoms with Gasteiger partial charge >= 0.3 is 0 Å². The standard InChI is InChI=1S/C20H20ClFN4O3/c1-28-14-6-17-19(18(7-14)29-9-12-4-13(27)8-23-12)20(25-10-24-17)26-11-2-3-16(22)15(21)5-11/h2-3,5-7,10,12-13,23,27H,4,8-9H2,1H3,(H,24,25,26)/t12-,13+/m1/s1. The molecule has 1 aliphatic heterocycles. The number of hydrogen-bond donors (Lipinski definition) is 3. The molecule has 29 heavy (non-hydrogen) atoms. The summed E-state index contributed by atoms with van der Waals surface area (Å²) in [5, 5.41) is 16.7. The highest BCUT2D eigenvalue weighted by Crippen LogP contribution is 2.36. The van der Waals surface area contributed by atoms with E-state index in [1.807, 2.05) is 0 Å². The van der Waals surface area contributed by atoms with Gasteiger partial charge in [0.15, 0.2) is 0 Å². The molecule has 9 heteroatoms. The van der Waals surface area contributed by atoms with E-state index in [1.165, 1.54) is 18.5 Å². The molecule has 0 aliphatic carbocycles. The van der Waals surface area contributed by atoms with Crippen molar-refractivity contribution < 1.29 is 19.0 Å². The molecule has 0 radical (unpaired) electrons. The molecule has 2 aromatic carbocycles. The van der Waals surface area contributed by atoms with Crippen molar-refractivity contribution in [1.82, 2.24) is 15.3 Å². The molecule has 7 nitrogen and oxygen atoms in total. The zero-order valence-corrected chi connectivity index (χ0v) is 16.4. The Labute approximate surface area is 171 Å². The third-order valence-corrected chi connectivity index (χ3v) is 5.02. The molecular formula is C20H20ClFN4O3. The van der Waals surface area contributed by atoms with Crippen LogP contribution >= 0.6 is 11.6 Å². The van der Waals surface area contributed by atoms with Gasteiger partial charge in [-0.3, -0.25) is 0 Å². The topological polar surface area (TPSA) is 88.5 Å². The van der Waals surface area contributed by atoms with Gasteiger partial charge in [-0.25, -0.2) is 14.4 Å². The van der Waals surface area contributed by atoms with Crippen LogP contribution < -0.4 is 20.1 Å². The van der Waals surface area contributed by atoms with E-state index in [4.69, 9.17) is 21.1 Å². The first-order valence-electron chi connectivity index (χ1n) is 9.12. The van der Waals surface area contributed by atoms with E-state index in [0.29, 0.717) is 53.5 Å². The van der Waals surface area contributed by atoms with Crippen LogP contribution in [0.1, 0.15) is 6.42 Å². The number of hydrogen-bond acceptors (Lipinski definition) is 7. The molecule has 2 heterocycles. The summed E-state index contributed by atoms with van der Waals surface area (Å²) in [5.74, 6) is 1.14. The first-order chi connectivity index (χ1) is 14.0. The number of methoxy groups -OCH3 is 1. The second kappa shape index (κ2) is 8.36. The Morgan fingerprint density at radius 3 is 2.90 bits per heavy atom. The SMILES string of the molecule is COc1cc(OC[C@H]2C[C@H](O)CN2)c2c(Nc3ccc(F)c(Cl)c3)ncnc2c1. The number of halogens is 2. The van der Waals surface area contributed by atoms with Crippen molar-refractivity contribution >= 4 is 34.0 Å². The summed E-state index contributed by atoms with van der Waals surface area (Å²) in [7, 11) is 1.57. The summed E-state index contributed by atoms with van der Waals surface area (Å²) in [6, 6.07) is 7.93. The minimum atomic E-state index is -0.496. The predicted octanol–water partition coefficient (Wildman–Crippen LogP) is 3.28. The van der Waals surface area contributed by atoms with E-state index in [-0.39, 0.29) is 17.2 Å². The van der Waals surface area contributed by atoms with E-state index >= 15 is 0 Å². The van der Waals surface area contributed by atoms with Crippen LogP contribution in [0.3, 0.4) is 0 Å². The molecule has 0 saturated carbocycles. The molecule has 2 atom stereocenters. The quantitative estimate of drug-likeness (QED) is 0.566. The maximum Gasteiger partial charge on any atom is 0.145 e. The van der Waals surface area contributed by atoms with E-state index in [9.17, 15) is 9.50 Å². The summed E-state index contributed by atoms with van der Waals surface area (Å²) in [6.45, 7) is 0.921. The number of aromatic nitrogens is 2. The molecule has 3 aromatic rings. The van der Waals surface area contributed by atoms with Crippen molar-refractivity contribution in [2.24, 2.45) is 0 Å². The number of rotatable bonds is 6. The van der Waals surface area contributed by atoms with Crippen LogP contribution in [0, 0.1) is 5.82 Å². The Morgan fingerprint density at radius 1 is 1.31 bits per heavy atom. The number of anilines is 2. The maximum atomic E-state index is 13.5. The van der Waals surface area contributed by atoms with E-state index in [0.717, 1.165) is 0 Å². The average molecular weight is 419 g/mol. The lowest BCUT2D eigenvalue weighted by atomic mass is 10.2. The number of nitrogens with zero attached hydrogens (tertiary/aromatic N) is 2. The minimum absolute atomic E-state index is 0.0115. The van der Waals surface area contributed by atoms with Gasteiger partial charge in [0.2, 0.25) is 0 Å². The van der Waals surface area contributed by atoms with Crippen LogP contribution in [0.4, 0.5) is 15.9 Å². The lowest BCUT2D eigenvalue weighted by molar-refractivity contribution is 0.187. The van der Waals surface area contributed by atoms with Gasteiger partial charge in [-0.05, 0) is 24.6 Å². The number of fused-ring (bicyclic) bond motifs is 1. The lowest BCUT2D eigenvalue weighted by Crippen LogP contribution is -2.28. The number of nitrogens with one attached hydrogen (secondary N) is 2. The summed E-state index contributed by atoms with van der Waals surface area (Å²) in [4.78, 5) is 8.65. The number of aliphatic hydroxyl groups is 1. The van der Waals surface area contributed by atoms with Gasteiger partial charge in [0.25, 0.3) is 0 Å². The first-order valence-corrected chi connectivity index (χ1v) is 9.50. The highest BCUT2D eigenvalue weighted by atomic mass is 35.5. The lowest BCUT2D eigenvalue weighted by Gasteiger charge is -2.17. The van der Waals surface area contributed by atoms with Gasteiger partial charge in [-0.2, -0.15) is 0 Å². The molecule has 1 saturated heterocycles. The second-order valence-corrected chi connectivity index (χ2v) is 7.21. The molecule has 1 aliphatic rings. The molecule has 0 amide bonds. The van der Waals surface area contributed by atoms with Crippen molar-refractivity contribution in [3.8, 4) is 11.5 Å². The molecule has 0 spiro atoms. The van der Waals surface area contributed by atoms with Crippen molar-refractivity contribution in [3.05, 3.63) is 47.5 Å². The Morgan fingerprint density at radius 2 is 2.17 bits per heavy atom. The molecule has 0 bridgehead atoms. The molecule has 4 rings (SSSR count). The Bertz CT molecular complexity index is 1040. The Kier molecular flexibility index (Phi) is 5.66. The Balaban J connectivity index is 1.69. The van der Waals surface area contributed by atoms with Gasteiger partial charge in [-0.15, -0.1) is 0 Å². The van der Waals surface area contributed by atoms with Crippen LogP contribution in [0.5, 0.6) is 11.5 Å². The van der Waals surface area contributed by atoms with Gasteiger partial charge < -0.3 is 25.2 Å². The van der Waals surface area contributed by atoms with Crippen LogP contribution in [-0.2, 0) is 0 Å². The van der Waals surface area contributed by atoms with Gasteiger partial charge in [-0.1, -0.05) is 11.6 Å². The fourth-order valence-electron chi connectivity index (χ4n) is 3.28. The van der Waals surface area contributed by atoms with E-state index < -0.39 is 5.82 Å². The maximum absolute atomic E-state index is 13.5. The molecule has 1 fully saturated rings. The molecule has 1 aromatic heterocycles. The molecule has 0 unspecified atom stereocenters. The number of ether oxygens (including phenoxy) is 2. The number of β-amino-alcohol motifs (C(OH)–C–C–N with tert-alkyl or cyclic N) is 1. The third-order valence-electron chi connectivity index (χ3n) is 4.73. The zero-order valence-electron chi connectivity index (χ0n) is 15.7. The summed E-state index contributed by atoms with van der Waals surface area (Å²) < 4.78 is 24.9. The third kappa shape index (κ3) is 4.34. The smallest absolute Gasteiger partial charge is 0.145 e. The molecule has 152 valence electrons. The van der Waals surface area contributed by atoms with Crippen LogP contribution in [-0.4, -0.2) is 47.5 Å². The van der Waals surface area contributed by atoms with Gasteiger partial charge in [0, 0.05) is 30.4 Å². The zero-order chi connectivity index (χ0) is 20.4. The van der Waals surface area contributed by atoms with Crippen molar-refractivity contribution in [2.45, 2.75) is 18.6 Å². The monoisotopic (exact) mass is 418 g/mol. The first kappa shape index (κ1) is 19.6. The second-order valence-electron chi connectivity index (χ2n) is 6.80. The van der Waals surface area contributed by atoms with E-state index in [2.05, 4.69) is 20.6 Å². The number of benzene rings is 2. The minimum Gasteiger partial charge on any atom is -0.497 e. The summed E-state index contributed by atoms with van der Waals surface area (Å²) in [6.07, 6.45) is 1.68. The van der Waals surface area contributed by atoms with Crippen molar-refractivity contribution in [2.75, 3.05) is 25.6 Å². The molecule has 3 N–H and O–H groups in total. The average Bonchev–Trinajstić information content (AvgIpc) is 3.14. The normalized spacial score (nSPS) is 18.8. The van der Waals surface area contributed by atoms with Crippen LogP contribution in [0.25, 0.3) is 10.9 Å². The fraction of sp³-hybridized carbons (Fsp3) is 0.300. The largest absolute Gasteiger partial charge is 0.497 e. The van der Waals surface area contributed by atoms with Crippen molar-refractivity contribution in [1.29, 1.82) is 0 Å². The highest BCUT2D eigenvalue weighted by molar-refractivity contribution is 6.31. The summed E-state index contributed by atoms with van der Waals surface area (Å²) >= 11 is 5.89. The van der Waals surface area contributed by atoms with Crippen LogP contribution in [0.15, 0.2) is 36.7 Å². The van der Waals surface area contributed by atoms with Gasteiger partial charge in [0.1, 0.15) is 36.1 Å².